The first kappa shape index (κ1) is 27.3. The molecule has 2 fully saturated rings. The summed E-state index contributed by atoms with van der Waals surface area (Å²) in [5.74, 6) is -3.09. The van der Waals surface area contributed by atoms with E-state index in [1.807, 2.05) is 24.0 Å². The van der Waals surface area contributed by atoms with Gasteiger partial charge in [0.25, 0.3) is 5.92 Å². The SMILES string of the molecule is C=CC(=O)N1CCN(c2nc(N(CC)N3CC(F)(F)C3)nc3c(F)c(-c4c(C)ccc5[nH]ncc45)c(Cl)cc23)CC1. The van der Waals surface area contributed by atoms with Gasteiger partial charge in [0.1, 0.15) is 11.3 Å². The fourth-order valence-electron chi connectivity index (χ4n) is 5.61. The Kier molecular flexibility index (Phi) is 6.77. The molecule has 6 rings (SSSR count). The molecular weight excluding hydrogens is 557 g/mol. The van der Waals surface area contributed by atoms with Crippen LogP contribution in [0.25, 0.3) is 32.9 Å². The molecule has 41 heavy (non-hydrogen) atoms. The van der Waals surface area contributed by atoms with Gasteiger partial charge in [-0.25, -0.2) is 23.2 Å². The number of hydrazine groups is 1. The highest BCUT2D eigenvalue weighted by Gasteiger charge is 2.47. The highest BCUT2D eigenvalue weighted by molar-refractivity contribution is 6.35. The van der Waals surface area contributed by atoms with Gasteiger partial charge in [0.15, 0.2) is 5.82 Å². The molecule has 1 N–H and O–H groups in total. The molecule has 214 valence electrons. The monoisotopic (exact) mass is 584 g/mol. The van der Waals surface area contributed by atoms with Gasteiger partial charge in [-0.3, -0.25) is 14.9 Å². The van der Waals surface area contributed by atoms with Crippen LogP contribution >= 0.6 is 11.6 Å². The summed E-state index contributed by atoms with van der Waals surface area (Å²) in [5.41, 5.74) is 2.33. The lowest BCUT2D eigenvalue weighted by molar-refractivity contribution is -0.135. The normalized spacial score (nSPS) is 17.2. The number of anilines is 2. The number of nitrogens with one attached hydrogen (secondary N) is 1. The number of nitrogens with zero attached hydrogens (tertiary/aromatic N) is 7. The van der Waals surface area contributed by atoms with E-state index < -0.39 is 24.8 Å². The van der Waals surface area contributed by atoms with E-state index in [2.05, 4.69) is 21.8 Å². The smallest absolute Gasteiger partial charge is 0.276 e. The predicted octanol–water partition coefficient (Wildman–Crippen LogP) is 4.80. The maximum atomic E-state index is 16.7. The van der Waals surface area contributed by atoms with Crippen molar-refractivity contribution >= 4 is 51.1 Å². The number of H-pyrrole nitrogens is 1. The van der Waals surface area contributed by atoms with Crippen LogP contribution in [0.4, 0.5) is 24.9 Å². The minimum Gasteiger partial charge on any atom is -0.352 e. The molecule has 13 heteroatoms. The van der Waals surface area contributed by atoms with Crippen molar-refractivity contribution in [3.05, 3.63) is 53.5 Å². The minimum absolute atomic E-state index is 0.0274. The number of aromatic amines is 1. The number of hydrogen-bond donors (Lipinski definition) is 1. The molecule has 0 spiro atoms. The number of aromatic nitrogens is 4. The minimum atomic E-state index is -2.81. The van der Waals surface area contributed by atoms with Crippen LogP contribution in [0.2, 0.25) is 5.02 Å². The molecule has 1 amide bonds. The number of carbonyl (C=O) groups excluding carboxylic acids is 1. The van der Waals surface area contributed by atoms with E-state index in [1.165, 1.54) is 11.1 Å². The second-order valence-electron chi connectivity index (χ2n) is 10.3. The number of aryl methyl sites for hydroxylation is 1. The number of hydrogen-bond acceptors (Lipinski definition) is 7. The molecule has 0 atom stereocenters. The number of amides is 1. The fourth-order valence-corrected chi connectivity index (χ4v) is 5.89. The van der Waals surface area contributed by atoms with E-state index in [-0.39, 0.29) is 28.0 Å². The van der Waals surface area contributed by atoms with Crippen molar-refractivity contribution in [3.8, 4) is 11.1 Å². The van der Waals surface area contributed by atoms with Crippen LogP contribution in [0, 0.1) is 12.7 Å². The fraction of sp³-hybridized carbons (Fsp3) is 0.357. The Bertz CT molecular complexity index is 1680. The van der Waals surface area contributed by atoms with Crippen LogP contribution in [0.15, 0.2) is 37.1 Å². The van der Waals surface area contributed by atoms with Crippen molar-refractivity contribution in [3.63, 3.8) is 0 Å². The molecule has 0 bridgehead atoms. The van der Waals surface area contributed by atoms with Gasteiger partial charge in [-0.15, -0.1) is 0 Å². The van der Waals surface area contributed by atoms with E-state index >= 15 is 4.39 Å². The van der Waals surface area contributed by atoms with Crippen molar-refractivity contribution in [2.45, 2.75) is 19.8 Å². The van der Waals surface area contributed by atoms with Gasteiger partial charge in [-0.05, 0) is 37.6 Å². The van der Waals surface area contributed by atoms with Crippen LogP contribution in [-0.2, 0) is 4.79 Å². The Morgan fingerprint density at radius 1 is 1.17 bits per heavy atom. The number of piperazine rings is 1. The highest BCUT2D eigenvalue weighted by Crippen LogP contribution is 2.42. The Morgan fingerprint density at radius 2 is 1.90 bits per heavy atom. The number of rotatable bonds is 6. The highest BCUT2D eigenvalue weighted by atomic mass is 35.5. The third kappa shape index (κ3) is 4.64. The van der Waals surface area contributed by atoms with Crippen LogP contribution in [0.3, 0.4) is 0 Å². The maximum absolute atomic E-state index is 16.7. The van der Waals surface area contributed by atoms with Crippen molar-refractivity contribution in [2.75, 3.05) is 55.7 Å². The Balaban J connectivity index is 1.53. The molecule has 0 saturated carbocycles. The lowest BCUT2D eigenvalue weighted by Gasteiger charge is -2.45. The summed E-state index contributed by atoms with van der Waals surface area (Å²) in [6.45, 7) is 8.25. The van der Waals surface area contributed by atoms with Gasteiger partial charge in [0.2, 0.25) is 11.9 Å². The van der Waals surface area contributed by atoms with Crippen molar-refractivity contribution in [1.29, 1.82) is 0 Å². The third-order valence-corrected chi connectivity index (χ3v) is 8.00. The molecule has 0 radical (unpaired) electrons. The van der Waals surface area contributed by atoms with Gasteiger partial charge in [-0.1, -0.05) is 24.2 Å². The lowest BCUT2D eigenvalue weighted by atomic mass is 9.95. The standard InChI is InChI=1S/C28H28ClF3N8O/c1-4-21(41)37-8-10-38(11-9-37)26-17-12-19(29)23(22-16(3)6-7-20-18(22)13-33-36-20)24(30)25(17)34-27(35-26)40(5-2)39-14-28(31,32)15-39/h4,6-7,12-13H,1,5,8-11,14-15H2,2-3H3,(H,33,36). The summed E-state index contributed by atoms with van der Waals surface area (Å²) >= 11 is 6.81. The molecule has 2 saturated heterocycles. The van der Waals surface area contributed by atoms with Crippen molar-refractivity contribution in [1.82, 2.24) is 30.1 Å². The Labute approximate surface area is 239 Å². The number of alkyl halides is 2. The van der Waals surface area contributed by atoms with Crippen LogP contribution < -0.4 is 9.91 Å². The van der Waals surface area contributed by atoms with Crippen LogP contribution in [0.5, 0.6) is 0 Å². The molecule has 9 nitrogen and oxygen atoms in total. The summed E-state index contributed by atoms with van der Waals surface area (Å²) < 4.78 is 44.3. The first-order valence-corrected chi connectivity index (χ1v) is 13.7. The molecule has 2 aliphatic heterocycles. The second-order valence-corrected chi connectivity index (χ2v) is 10.7. The van der Waals surface area contributed by atoms with Gasteiger partial charge >= 0.3 is 0 Å². The largest absolute Gasteiger partial charge is 0.352 e. The summed E-state index contributed by atoms with van der Waals surface area (Å²) in [4.78, 5) is 25.1. The van der Waals surface area contributed by atoms with E-state index in [9.17, 15) is 13.6 Å². The molecule has 2 aromatic heterocycles. The number of fused-ring (bicyclic) bond motifs is 2. The Morgan fingerprint density at radius 3 is 2.56 bits per heavy atom. The molecule has 0 aliphatic carbocycles. The molecule has 4 heterocycles. The zero-order valence-electron chi connectivity index (χ0n) is 22.6. The molecule has 2 aliphatic rings. The second kappa shape index (κ2) is 10.2. The third-order valence-electron chi connectivity index (χ3n) is 7.70. The summed E-state index contributed by atoms with van der Waals surface area (Å²) in [7, 11) is 0. The van der Waals surface area contributed by atoms with Crippen molar-refractivity contribution in [2.24, 2.45) is 0 Å². The average Bonchev–Trinajstić information content (AvgIpc) is 3.42. The molecule has 4 aromatic rings. The zero-order chi connectivity index (χ0) is 29.1. The first-order chi connectivity index (χ1) is 19.6. The van der Waals surface area contributed by atoms with E-state index in [1.54, 1.807) is 29.1 Å². The molecular formula is C28H28ClF3N8O. The van der Waals surface area contributed by atoms with Gasteiger partial charge in [-0.2, -0.15) is 10.1 Å². The van der Waals surface area contributed by atoms with E-state index in [0.29, 0.717) is 54.9 Å². The van der Waals surface area contributed by atoms with Gasteiger partial charge < -0.3 is 9.80 Å². The Hall–Kier alpha value is -3.90. The number of halogens is 4. The maximum Gasteiger partial charge on any atom is 0.276 e. The molecule has 0 unspecified atom stereocenters. The quantitative estimate of drug-likeness (QED) is 0.326. The zero-order valence-corrected chi connectivity index (χ0v) is 23.4. The van der Waals surface area contributed by atoms with Crippen LogP contribution in [0.1, 0.15) is 12.5 Å². The summed E-state index contributed by atoms with van der Waals surface area (Å²) in [5, 5.41) is 11.3. The van der Waals surface area contributed by atoms with Gasteiger partial charge in [0, 0.05) is 54.6 Å². The molecule has 2 aromatic carbocycles. The van der Waals surface area contributed by atoms with E-state index in [0.717, 1.165) is 11.1 Å². The van der Waals surface area contributed by atoms with Crippen molar-refractivity contribution < 1.29 is 18.0 Å². The lowest BCUT2D eigenvalue weighted by Crippen LogP contribution is -2.63. The number of carbonyl (C=O) groups is 1. The topological polar surface area (TPSA) is 84.5 Å². The predicted molar refractivity (Wildman–Crippen MR) is 153 cm³/mol. The summed E-state index contributed by atoms with van der Waals surface area (Å²) in [6.07, 6.45) is 2.90. The first-order valence-electron chi connectivity index (χ1n) is 13.3. The average molecular weight is 585 g/mol. The van der Waals surface area contributed by atoms with Crippen LogP contribution in [-0.4, -0.2) is 87.7 Å². The van der Waals surface area contributed by atoms with Gasteiger partial charge in [0.05, 0.1) is 29.8 Å². The van der Waals surface area contributed by atoms with E-state index in [4.69, 9.17) is 16.6 Å². The summed E-state index contributed by atoms with van der Waals surface area (Å²) in [6, 6.07) is 5.38. The number of benzene rings is 2.